The zero-order valence-electron chi connectivity index (χ0n) is 12.1. The molecule has 0 fully saturated rings. The molecule has 3 rings (SSSR count). The number of rotatable bonds is 2. The van der Waals surface area contributed by atoms with Crippen molar-refractivity contribution in [3.8, 4) is 0 Å². The third kappa shape index (κ3) is 2.18. The maximum absolute atomic E-state index is 4.56. The van der Waals surface area contributed by atoms with Crippen LogP contribution in [0, 0.1) is 20.8 Å². The van der Waals surface area contributed by atoms with Gasteiger partial charge in [0.05, 0.1) is 11.7 Å². The number of aliphatic imine (C=N–C) groups is 2. The third-order valence-corrected chi connectivity index (χ3v) is 3.70. The molecule has 1 atom stereocenters. The zero-order valence-corrected chi connectivity index (χ0v) is 12.1. The molecule has 0 amide bonds. The summed E-state index contributed by atoms with van der Waals surface area (Å²) in [6.07, 6.45) is 11.9. The highest BCUT2D eigenvalue weighted by Crippen LogP contribution is 2.34. The summed E-state index contributed by atoms with van der Waals surface area (Å²) in [6.45, 7) is 6.47. The lowest BCUT2D eigenvalue weighted by Crippen LogP contribution is -2.07. The molecule has 0 radical (unpaired) electrons. The Labute approximate surface area is 120 Å². The Morgan fingerprint density at radius 1 is 1.00 bits per heavy atom. The van der Waals surface area contributed by atoms with Gasteiger partial charge in [-0.1, -0.05) is 23.8 Å². The number of hydrogen-bond donors (Lipinski definition) is 0. The topological polar surface area (TPSA) is 24.7 Å². The van der Waals surface area contributed by atoms with E-state index in [2.05, 4.69) is 55.0 Å². The Hall–Kier alpha value is -2.22. The first-order valence-corrected chi connectivity index (χ1v) is 6.90. The largest absolute Gasteiger partial charge is 0.281 e. The molecule has 0 bridgehead atoms. The van der Waals surface area contributed by atoms with Crippen molar-refractivity contribution in [3.63, 3.8) is 0 Å². The van der Waals surface area contributed by atoms with Gasteiger partial charge in [0.15, 0.2) is 0 Å². The van der Waals surface area contributed by atoms with Crippen molar-refractivity contribution < 1.29 is 0 Å². The van der Waals surface area contributed by atoms with Gasteiger partial charge in [-0.2, -0.15) is 0 Å². The van der Waals surface area contributed by atoms with Crippen LogP contribution in [0.2, 0.25) is 0 Å². The van der Waals surface area contributed by atoms with E-state index in [4.69, 9.17) is 0 Å². The first-order valence-electron chi connectivity index (χ1n) is 6.90. The number of nitrogens with zero attached hydrogens (tertiary/aromatic N) is 2. The van der Waals surface area contributed by atoms with Crippen molar-refractivity contribution in [2.45, 2.75) is 26.8 Å². The Balaban J connectivity index is 2.24. The van der Waals surface area contributed by atoms with Crippen LogP contribution in [-0.4, -0.2) is 18.5 Å². The predicted molar refractivity (Wildman–Crippen MR) is 86.6 cm³/mol. The summed E-state index contributed by atoms with van der Waals surface area (Å²) >= 11 is 0. The van der Waals surface area contributed by atoms with Gasteiger partial charge in [-0.25, -0.2) is 0 Å². The lowest BCUT2D eigenvalue weighted by molar-refractivity contribution is 1.05. The van der Waals surface area contributed by atoms with Crippen molar-refractivity contribution >= 4 is 18.0 Å². The average molecular weight is 262 g/mol. The van der Waals surface area contributed by atoms with Gasteiger partial charge in [-0.15, -0.1) is 0 Å². The van der Waals surface area contributed by atoms with E-state index in [0.717, 1.165) is 5.70 Å². The maximum Gasteiger partial charge on any atom is 0.0960 e. The molecule has 0 aromatic heterocycles. The van der Waals surface area contributed by atoms with Gasteiger partial charge in [0.1, 0.15) is 0 Å². The van der Waals surface area contributed by atoms with Crippen LogP contribution >= 0.6 is 0 Å². The van der Waals surface area contributed by atoms with E-state index in [1.807, 2.05) is 24.6 Å². The Bertz CT molecular complexity index is 651. The van der Waals surface area contributed by atoms with Crippen molar-refractivity contribution in [2.24, 2.45) is 9.98 Å². The molecule has 0 aliphatic carbocycles. The van der Waals surface area contributed by atoms with Gasteiger partial charge >= 0.3 is 0 Å². The molecule has 0 spiro atoms. The summed E-state index contributed by atoms with van der Waals surface area (Å²) < 4.78 is 0. The van der Waals surface area contributed by atoms with Gasteiger partial charge < -0.3 is 0 Å². The standard InChI is InChI=1S/C18H18N2/c1-12-10-13(2)17(14(3)11-12)18(15-6-4-8-19-15)16-7-5-9-20-16/h4-11,15H,1-3H3/b18-16+. The van der Waals surface area contributed by atoms with Crippen LogP contribution in [0.3, 0.4) is 0 Å². The molecule has 0 saturated heterocycles. The van der Waals surface area contributed by atoms with Crippen LogP contribution < -0.4 is 0 Å². The Morgan fingerprint density at radius 2 is 1.75 bits per heavy atom. The van der Waals surface area contributed by atoms with E-state index < -0.39 is 0 Å². The summed E-state index contributed by atoms with van der Waals surface area (Å²) in [4.78, 5) is 9.06. The minimum absolute atomic E-state index is 0.0741. The van der Waals surface area contributed by atoms with Gasteiger partial charge in [0.25, 0.3) is 0 Å². The molecule has 2 aliphatic rings. The zero-order chi connectivity index (χ0) is 14.1. The summed E-state index contributed by atoms with van der Waals surface area (Å²) in [5, 5.41) is 0. The fourth-order valence-corrected chi connectivity index (χ4v) is 3.01. The van der Waals surface area contributed by atoms with E-state index in [0.29, 0.717) is 0 Å². The molecule has 1 unspecified atom stereocenters. The molecule has 2 heterocycles. The van der Waals surface area contributed by atoms with E-state index in [1.165, 1.54) is 27.8 Å². The van der Waals surface area contributed by atoms with Gasteiger partial charge in [0, 0.05) is 18.0 Å². The lowest BCUT2D eigenvalue weighted by atomic mass is 9.88. The van der Waals surface area contributed by atoms with Crippen molar-refractivity contribution in [1.82, 2.24) is 0 Å². The summed E-state index contributed by atoms with van der Waals surface area (Å²) in [7, 11) is 0. The van der Waals surface area contributed by atoms with Gasteiger partial charge in [-0.3, -0.25) is 9.98 Å². The second-order valence-corrected chi connectivity index (χ2v) is 5.34. The van der Waals surface area contributed by atoms with Crippen LogP contribution in [0.5, 0.6) is 0 Å². The van der Waals surface area contributed by atoms with Gasteiger partial charge in [-0.05, 0) is 55.7 Å². The van der Waals surface area contributed by atoms with E-state index in [-0.39, 0.29) is 6.04 Å². The molecular formula is C18H18N2. The van der Waals surface area contributed by atoms with E-state index >= 15 is 0 Å². The predicted octanol–water partition coefficient (Wildman–Crippen LogP) is 3.97. The second-order valence-electron chi connectivity index (χ2n) is 5.34. The summed E-state index contributed by atoms with van der Waals surface area (Å²) in [6, 6.07) is 4.53. The van der Waals surface area contributed by atoms with Crippen LogP contribution in [0.4, 0.5) is 0 Å². The molecule has 20 heavy (non-hydrogen) atoms. The van der Waals surface area contributed by atoms with E-state index in [9.17, 15) is 0 Å². The maximum atomic E-state index is 4.56. The van der Waals surface area contributed by atoms with E-state index in [1.54, 1.807) is 0 Å². The molecule has 0 N–H and O–H groups in total. The molecule has 0 saturated carbocycles. The molecule has 1 aromatic rings. The number of benzene rings is 1. The molecule has 100 valence electrons. The van der Waals surface area contributed by atoms with Crippen molar-refractivity contribution in [1.29, 1.82) is 0 Å². The summed E-state index contributed by atoms with van der Waals surface area (Å²) in [5.74, 6) is 0. The summed E-state index contributed by atoms with van der Waals surface area (Å²) in [5.41, 5.74) is 7.38. The minimum atomic E-state index is 0.0741. The quantitative estimate of drug-likeness (QED) is 0.770. The smallest absolute Gasteiger partial charge is 0.0960 e. The van der Waals surface area contributed by atoms with Crippen LogP contribution in [0.15, 0.2) is 52.1 Å². The molecule has 2 heteroatoms. The monoisotopic (exact) mass is 262 g/mol. The molecule has 1 aromatic carbocycles. The third-order valence-electron chi connectivity index (χ3n) is 3.70. The number of hydrogen-bond acceptors (Lipinski definition) is 2. The minimum Gasteiger partial charge on any atom is -0.281 e. The molecular weight excluding hydrogens is 244 g/mol. The first kappa shape index (κ1) is 12.8. The highest BCUT2D eigenvalue weighted by molar-refractivity contribution is 5.89. The molecule has 2 nitrogen and oxygen atoms in total. The highest BCUT2D eigenvalue weighted by Gasteiger charge is 2.21. The van der Waals surface area contributed by atoms with Crippen LogP contribution in [-0.2, 0) is 0 Å². The number of allylic oxidation sites excluding steroid dienone is 3. The fraction of sp³-hybridized carbons (Fsp3) is 0.222. The lowest BCUT2D eigenvalue weighted by Gasteiger charge is -2.19. The SMILES string of the molecule is Cc1cc(C)c(/C(=C2\C=CC=N2)C2C=CC=N2)c(C)c1. The van der Waals surface area contributed by atoms with Crippen LogP contribution in [0.1, 0.15) is 22.3 Å². The van der Waals surface area contributed by atoms with Crippen molar-refractivity contribution in [3.05, 3.63) is 64.4 Å². The Kier molecular flexibility index (Phi) is 3.23. The average Bonchev–Trinajstić information content (AvgIpc) is 3.07. The second kappa shape index (κ2) is 5.04. The van der Waals surface area contributed by atoms with Crippen LogP contribution in [0.25, 0.3) is 5.57 Å². The fourth-order valence-electron chi connectivity index (χ4n) is 3.01. The first-order chi connectivity index (χ1) is 9.66. The Morgan fingerprint density at radius 3 is 2.30 bits per heavy atom. The van der Waals surface area contributed by atoms with Crippen molar-refractivity contribution in [2.75, 3.05) is 0 Å². The number of aryl methyl sites for hydroxylation is 3. The van der Waals surface area contributed by atoms with Gasteiger partial charge in [0.2, 0.25) is 0 Å². The highest BCUT2D eigenvalue weighted by atomic mass is 14.8. The molecule has 2 aliphatic heterocycles. The normalized spacial score (nSPS) is 22.1.